The van der Waals surface area contributed by atoms with Gasteiger partial charge in [-0.1, -0.05) is 6.42 Å². The Labute approximate surface area is 150 Å². The van der Waals surface area contributed by atoms with Crippen LogP contribution in [0.2, 0.25) is 0 Å². The highest BCUT2D eigenvalue weighted by molar-refractivity contribution is 5.94. The average Bonchev–Trinajstić information content (AvgIpc) is 3.37. The second-order valence-corrected chi connectivity index (χ2v) is 7.27. The van der Waals surface area contributed by atoms with Crippen molar-refractivity contribution in [2.45, 2.75) is 32.1 Å². The summed E-state index contributed by atoms with van der Waals surface area (Å²) >= 11 is 0. The molecule has 2 N–H and O–H groups in total. The topological polar surface area (TPSA) is 76.0 Å². The Kier molecular flexibility index (Phi) is 4.44. The van der Waals surface area contributed by atoms with Crippen molar-refractivity contribution in [1.82, 2.24) is 20.4 Å². The second kappa shape index (κ2) is 6.90. The van der Waals surface area contributed by atoms with Crippen LogP contribution in [0.1, 0.15) is 42.6 Å². The summed E-state index contributed by atoms with van der Waals surface area (Å²) in [5.74, 6) is 0.916. The normalized spacial score (nSPS) is 23.8. The summed E-state index contributed by atoms with van der Waals surface area (Å²) in [7, 11) is 0. The van der Waals surface area contributed by atoms with Gasteiger partial charge in [-0.05, 0) is 61.3 Å². The molecular formula is C19H21FN4O2. The molecule has 136 valence electrons. The van der Waals surface area contributed by atoms with Crippen molar-refractivity contribution in [3.05, 3.63) is 48.3 Å². The van der Waals surface area contributed by atoms with E-state index in [-0.39, 0.29) is 17.4 Å². The van der Waals surface area contributed by atoms with Crippen LogP contribution < -0.4 is 10.9 Å². The van der Waals surface area contributed by atoms with Crippen LogP contribution in [0.3, 0.4) is 0 Å². The van der Waals surface area contributed by atoms with Gasteiger partial charge in [0.15, 0.2) is 0 Å². The third kappa shape index (κ3) is 3.34. The Morgan fingerprint density at radius 3 is 2.65 bits per heavy atom. The number of carbonyl (C=O) groups is 2. The van der Waals surface area contributed by atoms with Crippen LogP contribution in [-0.4, -0.2) is 21.4 Å². The number of hydrogen-bond acceptors (Lipinski definition) is 3. The lowest BCUT2D eigenvalue weighted by Crippen LogP contribution is -2.43. The fourth-order valence-corrected chi connectivity index (χ4v) is 4.38. The number of hydrazine groups is 1. The van der Waals surface area contributed by atoms with Crippen LogP contribution in [0.4, 0.5) is 4.39 Å². The Bertz CT molecular complexity index is 817. The highest BCUT2D eigenvalue weighted by Crippen LogP contribution is 2.49. The van der Waals surface area contributed by atoms with Crippen molar-refractivity contribution in [2.75, 3.05) is 0 Å². The zero-order valence-corrected chi connectivity index (χ0v) is 14.3. The number of hydrogen-bond donors (Lipinski definition) is 2. The first-order chi connectivity index (χ1) is 12.6. The van der Waals surface area contributed by atoms with Crippen LogP contribution in [0.5, 0.6) is 0 Å². The first-order valence-corrected chi connectivity index (χ1v) is 8.97. The third-order valence-electron chi connectivity index (χ3n) is 5.62. The molecule has 3 unspecified atom stereocenters. The molecule has 2 saturated carbocycles. The summed E-state index contributed by atoms with van der Waals surface area (Å²) < 4.78 is 14.6. The molecule has 0 saturated heterocycles. The molecule has 7 heteroatoms. The van der Waals surface area contributed by atoms with Gasteiger partial charge in [0.25, 0.3) is 5.91 Å². The predicted molar refractivity (Wildman–Crippen MR) is 92.7 cm³/mol. The SMILES string of the molecule is O=C(CC1CC2CCC1C2)NNC(=O)c1cncn1-c1ccc(F)cc1. The molecule has 0 spiro atoms. The van der Waals surface area contributed by atoms with Crippen molar-refractivity contribution >= 4 is 11.8 Å². The minimum Gasteiger partial charge on any atom is -0.295 e. The van der Waals surface area contributed by atoms with E-state index in [9.17, 15) is 14.0 Å². The molecule has 3 atom stereocenters. The van der Waals surface area contributed by atoms with E-state index in [1.165, 1.54) is 48.5 Å². The predicted octanol–water partition coefficient (Wildman–Crippen LogP) is 2.60. The maximum atomic E-state index is 13.1. The molecule has 2 aromatic rings. The Balaban J connectivity index is 1.34. The molecule has 1 aromatic carbocycles. The molecule has 0 radical (unpaired) electrons. The molecule has 6 nitrogen and oxygen atoms in total. The van der Waals surface area contributed by atoms with Gasteiger partial charge in [0.1, 0.15) is 11.5 Å². The lowest BCUT2D eigenvalue weighted by Gasteiger charge is -2.20. The second-order valence-electron chi connectivity index (χ2n) is 7.27. The van der Waals surface area contributed by atoms with Crippen molar-refractivity contribution in [1.29, 1.82) is 0 Å². The van der Waals surface area contributed by atoms with Gasteiger partial charge < -0.3 is 0 Å². The quantitative estimate of drug-likeness (QED) is 0.827. The van der Waals surface area contributed by atoms with Crippen molar-refractivity contribution in [2.24, 2.45) is 17.8 Å². The number of nitrogens with one attached hydrogen (secondary N) is 2. The number of halogens is 1. The molecule has 1 aromatic heterocycles. The first kappa shape index (κ1) is 16.8. The molecule has 2 bridgehead atoms. The molecule has 2 aliphatic rings. The maximum Gasteiger partial charge on any atom is 0.288 e. The highest BCUT2D eigenvalue weighted by atomic mass is 19.1. The number of amides is 2. The Morgan fingerprint density at radius 2 is 1.96 bits per heavy atom. The number of fused-ring (bicyclic) bond motifs is 2. The highest BCUT2D eigenvalue weighted by Gasteiger charge is 2.40. The zero-order chi connectivity index (χ0) is 18.1. The molecule has 2 amide bonds. The zero-order valence-electron chi connectivity index (χ0n) is 14.3. The molecule has 4 rings (SSSR count). The van der Waals surface area contributed by atoms with Gasteiger partial charge in [-0.3, -0.25) is 25.0 Å². The standard InChI is InChI=1S/C19H21FN4O2/c20-15-3-5-16(6-4-15)24-11-21-10-17(24)19(26)23-22-18(25)9-14-8-12-1-2-13(14)7-12/h3-6,10-14H,1-2,7-9H2,(H,22,25)(H,23,26). The van der Waals surface area contributed by atoms with Crippen LogP contribution in [0.15, 0.2) is 36.8 Å². The third-order valence-corrected chi connectivity index (χ3v) is 5.62. The van der Waals surface area contributed by atoms with Crippen LogP contribution in [0, 0.1) is 23.6 Å². The van der Waals surface area contributed by atoms with E-state index in [1.54, 1.807) is 12.1 Å². The largest absolute Gasteiger partial charge is 0.295 e. The van der Waals surface area contributed by atoms with Gasteiger partial charge in [-0.2, -0.15) is 0 Å². The smallest absolute Gasteiger partial charge is 0.288 e. The van der Waals surface area contributed by atoms with E-state index in [2.05, 4.69) is 15.8 Å². The summed E-state index contributed by atoms with van der Waals surface area (Å²) in [6.07, 6.45) is 8.24. The van der Waals surface area contributed by atoms with Crippen LogP contribution >= 0.6 is 0 Å². The van der Waals surface area contributed by atoms with Gasteiger partial charge in [0.2, 0.25) is 5.91 Å². The number of aromatic nitrogens is 2. The van der Waals surface area contributed by atoms with E-state index >= 15 is 0 Å². The van der Waals surface area contributed by atoms with Gasteiger partial charge in [-0.15, -0.1) is 0 Å². The minimum atomic E-state index is -0.465. The lowest BCUT2D eigenvalue weighted by atomic mass is 9.86. The summed E-state index contributed by atoms with van der Waals surface area (Å²) in [6, 6.07) is 5.74. The molecule has 2 fully saturated rings. The van der Waals surface area contributed by atoms with Crippen molar-refractivity contribution < 1.29 is 14.0 Å². The fourth-order valence-electron chi connectivity index (χ4n) is 4.38. The molecule has 26 heavy (non-hydrogen) atoms. The number of carbonyl (C=O) groups excluding carboxylic acids is 2. The van der Waals surface area contributed by atoms with E-state index in [0.29, 0.717) is 23.9 Å². The summed E-state index contributed by atoms with van der Waals surface area (Å²) in [4.78, 5) is 28.5. The van der Waals surface area contributed by atoms with E-state index in [1.807, 2.05) is 0 Å². The minimum absolute atomic E-state index is 0.163. The molecule has 2 aliphatic carbocycles. The average molecular weight is 356 g/mol. The van der Waals surface area contributed by atoms with Gasteiger partial charge in [-0.25, -0.2) is 9.37 Å². The van der Waals surface area contributed by atoms with Gasteiger partial charge in [0, 0.05) is 12.1 Å². The first-order valence-electron chi connectivity index (χ1n) is 8.97. The Morgan fingerprint density at radius 1 is 1.15 bits per heavy atom. The number of rotatable bonds is 4. The van der Waals surface area contributed by atoms with Crippen molar-refractivity contribution in [3.63, 3.8) is 0 Å². The Hall–Kier alpha value is -2.70. The lowest BCUT2D eigenvalue weighted by molar-refractivity contribution is -0.123. The summed E-state index contributed by atoms with van der Waals surface area (Å²) in [5, 5.41) is 0. The number of benzene rings is 1. The van der Waals surface area contributed by atoms with Crippen LogP contribution in [-0.2, 0) is 4.79 Å². The van der Waals surface area contributed by atoms with E-state index in [4.69, 9.17) is 0 Å². The molecule has 1 heterocycles. The van der Waals surface area contributed by atoms with E-state index < -0.39 is 5.91 Å². The monoisotopic (exact) mass is 356 g/mol. The maximum absolute atomic E-state index is 13.1. The number of imidazole rings is 1. The molecular weight excluding hydrogens is 335 g/mol. The van der Waals surface area contributed by atoms with Gasteiger partial charge in [0.05, 0.1) is 12.5 Å². The van der Waals surface area contributed by atoms with Gasteiger partial charge >= 0.3 is 0 Å². The molecule has 0 aliphatic heterocycles. The number of nitrogens with zero attached hydrogens (tertiary/aromatic N) is 2. The summed E-state index contributed by atoms with van der Waals surface area (Å²) in [5.41, 5.74) is 5.83. The fraction of sp³-hybridized carbons (Fsp3) is 0.421. The van der Waals surface area contributed by atoms with Crippen molar-refractivity contribution in [3.8, 4) is 5.69 Å². The van der Waals surface area contributed by atoms with E-state index in [0.717, 1.165) is 12.3 Å². The van der Waals surface area contributed by atoms with Crippen LogP contribution in [0.25, 0.3) is 5.69 Å². The summed E-state index contributed by atoms with van der Waals surface area (Å²) in [6.45, 7) is 0.